The van der Waals surface area contributed by atoms with E-state index in [1.165, 1.54) is 103 Å². The van der Waals surface area contributed by atoms with E-state index in [1.54, 1.807) is 0 Å². The molecule has 24 heavy (non-hydrogen) atoms. The van der Waals surface area contributed by atoms with Gasteiger partial charge in [-0.2, -0.15) is 0 Å². The molecule has 0 bridgehead atoms. The second kappa shape index (κ2) is 31.0. The maximum absolute atomic E-state index is 8.74. The minimum absolute atomic E-state index is 1.37. The first-order valence-electron chi connectivity index (χ1n) is 10.6. The van der Waals surface area contributed by atoms with Crippen molar-refractivity contribution < 1.29 is 14.4 Å². The van der Waals surface area contributed by atoms with E-state index in [2.05, 4.69) is 13.8 Å². The van der Waals surface area contributed by atoms with Crippen molar-refractivity contribution in [1.82, 2.24) is 0 Å². The average molecular weight is 367 g/mol. The SMILES string of the molecule is CC.CCCCCCCCCCCCCCCCCC.O=[PH](O)O. The largest absolute Gasteiger partial charge is 0.326 e. The molecule has 150 valence electrons. The average Bonchev–Trinajstić information content (AvgIpc) is 2.56. The molecule has 0 unspecified atom stereocenters. The van der Waals surface area contributed by atoms with Gasteiger partial charge in [-0.05, 0) is 0 Å². The molecule has 0 heterocycles. The Hall–Kier alpha value is 0.150. The molecule has 0 aliphatic carbocycles. The van der Waals surface area contributed by atoms with Crippen LogP contribution in [-0.4, -0.2) is 9.79 Å². The molecule has 0 atom stereocenters. The van der Waals surface area contributed by atoms with E-state index >= 15 is 0 Å². The van der Waals surface area contributed by atoms with Crippen LogP contribution in [0.4, 0.5) is 0 Å². The summed E-state index contributed by atoms with van der Waals surface area (Å²) in [7, 11) is -3.13. The molecule has 0 aliphatic heterocycles. The molecular formula is C20H47O3P. The molecule has 0 aliphatic rings. The molecule has 0 rings (SSSR count). The first-order chi connectivity index (χ1) is 11.6. The van der Waals surface area contributed by atoms with Crippen molar-refractivity contribution in [2.45, 2.75) is 130 Å². The van der Waals surface area contributed by atoms with Crippen molar-refractivity contribution >= 4 is 8.25 Å². The van der Waals surface area contributed by atoms with Gasteiger partial charge in [-0.3, -0.25) is 4.57 Å². The van der Waals surface area contributed by atoms with Gasteiger partial charge in [0, 0.05) is 0 Å². The van der Waals surface area contributed by atoms with Crippen molar-refractivity contribution in [3.63, 3.8) is 0 Å². The van der Waals surface area contributed by atoms with Gasteiger partial charge >= 0.3 is 8.25 Å². The van der Waals surface area contributed by atoms with Crippen LogP contribution < -0.4 is 0 Å². The summed E-state index contributed by atoms with van der Waals surface area (Å²) in [6, 6.07) is 0. The van der Waals surface area contributed by atoms with Crippen LogP contribution in [0.2, 0.25) is 0 Å². The number of hydrogen-bond donors (Lipinski definition) is 2. The Morgan fingerprint density at radius 3 is 0.750 bits per heavy atom. The lowest BCUT2D eigenvalue weighted by atomic mass is 10.0. The van der Waals surface area contributed by atoms with Crippen LogP contribution in [0.5, 0.6) is 0 Å². The molecule has 0 fully saturated rings. The molecule has 0 amide bonds. The van der Waals surface area contributed by atoms with Gasteiger partial charge in [0.05, 0.1) is 0 Å². The molecule has 0 aromatic heterocycles. The van der Waals surface area contributed by atoms with Gasteiger partial charge in [-0.1, -0.05) is 130 Å². The molecule has 2 N–H and O–H groups in total. The van der Waals surface area contributed by atoms with Crippen molar-refractivity contribution in [2.24, 2.45) is 0 Å². The predicted molar refractivity (Wildman–Crippen MR) is 110 cm³/mol. The third kappa shape index (κ3) is 43.2. The van der Waals surface area contributed by atoms with Crippen LogP contribution in [0.1, 0.15) is 130 Å². The van der Waals surface area contributed by atoms with Gasteiger partial charge in [-0.25, -0.2) is 0 Å². The zero-order chi connectivity index (χ0) is 18.9. The standard InChI is InChI=1S/C18H38.C2H6.H3O3P/c1-3-5-7-9-11-13-15-17-18-16-14-12-10-8-6-4-2;1-2;1-4(2)3/h3-18H2,1-2H3;1-2H3;4H,(H2,1,2,3). The topological polar surface area (TPSA) is 57.5 Å². The first kappa shape index (κ1) is 28.9. The Morgan fingerprint density at radius 2 is 0.625 bits per heavy atom. The maximum atomic E-state index is 8.74. The molecule has 0 saturated carbocycles. The third-order valence-corrected chi connectivity index (χ3v) is 3.96. The summed E-state index contributed by atoms with van der Waals surface area (Å²) >= 11 is 0. The quantitative estimate of drug-likeness (QED) is 0.231. The summed E-state index contributed by atoms with van der Waals surface area (Å²) in [4.78, 5) is 14.3. The molecular weight excluding hydrogens is 319 g/mol. The Morgan fingerprint density at radius 1 is 0.500 bits per heavy atom. The lowest BCUT2D eigenvalue weighted by Crippen LogP contribution is -1.83. The third-order valence-electron chi connectivity index (χ3n) is 3.96. The van der Waals surface area contributed by atoms with Crippen LogP contribution in [0.25, 0.3) is 0 Å². The number of rotatable bonds is 15. The van der Waals surface area contributed by atoms with E-state index in [1.807, 2.05) is 13.8 Å². The lowest BCUT2D eigenvalue weighted by molar-refractivity contribution is 0.405. The highest BCUT2D eigenvalue weighted by atomic mass is 31.1. The molecule has 0 aromatic carbocycles. The van der Waals surface area contributed by atoms with Gasteiger partial charge in [0.25, 0.3) is 0 Å². The summed E-state index contributed by atoms with van der Waals surface area (Å²) in [6.45, 7) is 8.59. The van der Waals surface area contributed by atoms with Crippen molar-refractivity contribution in [2.75, 3.05) is 0 Å². The lowest BCUT2D eigenvalue weighted by Gasteiger charge is -2.03. The van der Waals surface area contributed by atoms with E-state index in [4.69, 9.17) is 14.4 Å². The van der Waals surface area contributed by atoms with Gasteiger partial charge < -0.3 is 9.79 Å². The fraction of sp³-hybridized carbons (Fsp3) is 1.00. The van der Waals surface area contributed by atoms with Gasteiger partial charge in [0.1, 0.15) is 0 Å². The fourth-order valence-electron chi connectivity index (χ4n) is 2.62. The summed E-state index contributed by atoms with van der Waals surface area (Å²) in [5.74, 6) is 0. The van der Waals surface area contributed by atoms with Crippen molar-refractivity contribution in [3.05, 3.63) is 0 Å². The minimum Gasteiger partial charge on any atom is -0.326 e. The first-order valence-corrected chi connectivity index (χ1v) is 11.9. The van der Waals surface area contributed by atoms with Crippen LogP contribution >= 0.6 is 8.25 Å². The zero-order valence-electron chi connectivity index (χ0n) is 17.1. The van der Waals surface area contributed by atoms with Crippen molar-refractivity contribution in [3.8, 4) is 0 Å². The fourth-order valence-corrected chi connectivity index (χ4v) is 2.62. The van der Waals surface area contributed by atoms with Crippen LogP contribution in [0, 0.1) is 0 Å². The van der Waals surface area contributed by atoms with E-state index < -0.39 is 8.25 Å². The van der Waals surface area contributed by atoms with Gasteiger partial charge in [0.15, 0.2) is 0 Å². The Bertz CT molecular complexity index is 191. The van der Waals surface area contributed by atoms with E-state index in [-0.39, 0.29) is 0 Å². The van der Waals surface area contributed by atoms with Gasteiger partial charge in [-0.15, -0.1) is 0 Å². The monoisotopic (exact) mass is 366 g/mol. The summed E-state index contributed by atoms with van der Waals surface area (Å²) in [6.07, 6.45) is 23.4. The van der Waals surface area contributed by atoms with Crippen LogP contribution in [-0.2, 0) is 4.57 Å². The highest BCUT2D eigenvalue weighted by Gasteiger charge is 1.93. The molecule has 0 radical (unpaired) electrons. The second-order valence-electron chi connectivity index (χ2n) is 6.23. The number of unbranched alkanes of at least 4 members (excludes halogenated alkanes) is 15. The van der Waals surface area contributed by atoms with Crippen molar-refractivity contribution in [1.29, 1.82) is 0 Å². The van der Waals surface area contributed by atoms with Gasteiger partial charge in [0.2, 0.25) is 0 Å². The summed E-state index contributed by atoms with van der Waals surface area (Å²) in [5.41, 5.74) is 0. The Labute approximate surface area is 153 Å². The minimum atomic E-state index is -3.13. The van der Waals surface area contributed by atoms with E-state index in [9.17, 15) is 0 Å². The van der Waals surface area contributed by atoms with Crippen LogP contribution in [0.3, 0.4) is 0 Å². The summed E-state index contributed by atoms with van der Waals surface area (Å²) in [5, 5.41) is 0. The predicted octanol–water partition coefficient (Wildman–Crippen LogP) is 7.65. The highest BCUT2D eigenvalue weighted by Crippen LogP contribution is 2.13. The number of hydrogen-bond acceptors (Lipinski definition) is 1. The smallest absolute Gasteiger partial charge is 0.314 e. The molecule has 4 heteroatoms. The Kier molecular flexibility index (Phi) is 37.3. The van der Waals surface area contributed by atoms with E-state index in [0.717, 1.165) is 0 Å². The Balaban J connectivity index is -0.000000636. The highest BCUT2D eigenvalue weighted by molar-refractivity contribution is 7.30. The summed E-state index contributed by atoms with van der Waals surface area (Å²) < 4.78 is 8.74. The molecule has 0 saturated heterocycles. The second-order valence-corrected chi connectivity index (χ2v) is 6.80. The zero-order valence-corrected chi connectivity index (χ0v) is 18.1. The normalized spacial score (nSPS) is 9.96. The molecule has 0 spiro atoms. The maximum Gasteiger partial charge on any atom is 0.314 e. The molecule has 0 aromatic rings. The van der Waals surface area contributed by atoms with Crippen LogP contribution in [0.15, 0.2) is 0 Å². The molecule has 3 nitrogen and oxygen atoms in total. The van der Waals surface area contributed by atoms with E-state index in [0.29, 0.717) is 0 Å².